The lowest BCUT2D eigenvalue weighted by Gasteiger charge is -2.32. The van der Waals surface area contributed by atoms with Crippen LogP contribution in [0.1, 0.15) is 11.1 Å². The fraction of sp³-hybridized carbons (Fsp3) is 0.118. The first-order valence-electron chi connectivity index (χ1n) is 16.2. The lowest BCUT2D eigenvalue weighted by atomic mass is 10.1. The van der Waals surface area contributed by atoms with Crippen molar-refractivity contribution in [1.82, 2.24) is 0 Å². The number of nitro benzene ring substituents is 6. The van der Waals surface area contributed by atoms with Crippen molar-refractivity contribution in [2.75, 3.05) is 35.1 Å². The van der Waals surface area contributed by atoms with E-state index in [2.05, 4.69) is 10.9 Å². The first kappa shape index (κ1) is 40.5. The van der Waals surface area contributed by atoms with Crippen LogP contribution in [0.25, 0.3) is 0 Å². The smallest absolute Gasteiger partial charge is 0.308 e. The first-order chi connectivity index (χ1) is 27.4. The van der Waals surface area contributed by atoms with Crippen LogP contribution in [-0.2, 0) is 0 Å². The second kappa shape index (κ2) is 16.3. The zero-order valence-corrected chi connectivity index (χ0v) is 30.4. The summed E-state index contributed by atoms with van der Waals surface area (Å²) in [7, 11) is 2.79. The zero-order valence-electron chi connectivity index (χ0n) is 30.4. The molecule has 0 saturated heterocycles. The van der Waals surface area contributed by atoms with Crippen LogP contribution in [0.4, 0.5) is 68.2 Å². The molecular weight excluding hydrogens is 772 g/mol. The number of nitrogens with zero attached hydrogens (tertiary/aromatic N) is 8. The molecule has 0 saturated carbocycles. The van der Waals surface area contributed by atoms with E-state index in [-0.39, 0.29) is 22.7 Å². The van der Waals surface area contributed by atoms with Crippen LogP contribution in [-0.4, -0.2) is 43.8 Å². The molecule has 0 aliphatic heterocycles. The average Bonchev–Trinajstić information content (AvgIpc) is 3.18. The summed E-state index contributed by atoms with van der Waals surface area (Å²) in [6.45, 7) is 3.22. The SMILES string of the molecule is COc1ccc(N(Nc2c([N+](=O)[O-])cc([N+](=O)[O-])cc2[N+](=O)[O-])c2cc(N(Nc3c([N+](=O)[O-])cc([N+](=O)[O-])cc3[N+](=O)[O-])c3ccc(OC)cc3)c(C)cc2C)cc1. The van der Waals surface area contributed by atoms with Gasteiger partial charge in [-0.3, -0.25) is 81.6 Å². The lowest BCUT2D eigenvalue weighted by molar-refractivity contribution is -0.402. The van der Waals surface area contributed by atoms with Crippen LogP contribution < -0.4 is 30.3 Å². The molecule has 298 valence electrons. The Morgan fingerprint density at radius 2 is 0.741 bits per heavy atom. The quantitative estimate of drug-likeness (QED) is 0.0702. The van der Waals surface area contributed by atoms with Gasteiger partial charge in [-0.1, -0.05) is 6.07 Å². The highest BCUT2D eigenvalue weighted by Gasteiger charge is 2.35. The Bertz CT molecular complexity index is 2260. The fourth-order valence-electron chi connectivity index (χ4n) is 5.74. The normalized spacial score (nSPS) is 10.6. The predicted molar refractivity (Wildman–Crippen MR) is 206 cm³/mol. The third-order valence-corrected chi connectivity index (χ3v) is 8.48. The van der Waals surface area contributed by atoms with E-state index in [1.807, 2.05) is 0 Å². The maximum absolute atomic E-state index is 12.3. The Morgan fingerprint density at radius 1 is 0.448 bits per heavy atom. The average molecular weight is 801 g/mol. The van der Waals surface area contributed by atoms with Gasteiger partial charge in [0.25, 0.3) is 11.4 Å². The molecule has 0 unspecified atom stereocenters. The number of methoxy groups -OCH3 is 2. The molecule has 0 aliphatic carbocycles. The highest BCUT2D eigenvalue weighted by molar-refractivity contribution is 5.86. The molecule has 5 aromatic rings. The third-order valence-electron chi connectivity index (χ3n) is 8.48. The van der Waals surface area contributed by atoms with Crippen molar-refractivity contribution in [3.63, 3.8) is 0 Å². The molecule has 5 aromatic carbocycles. The van der Waals surface area contributed by atoms with Crippen molar-refractivity contribution in [3.05, 3.63) is 157 Å². The summed E-state index contributed by atoms with van der Waals surface area (Å²) >= 11 is 0. The molecule has 0 radical (unpaired) electrons. The van der Waals surface area contributed by atoms with Gasteiger partial charge < -0.3 is 9.47 Å². The van der Waals surface area contributed by atoms with Gasteiger partial charge in [-0.2, -0.15) is 0 Å². The number of nitro groups is 6. The monoisotopic (exact) mass is 800 g/mol. The number of rotatable bonds is 16. The van der Waals surface area contributed by atoms with E-state index < -0.39 is 75.0 Å². The minimum atomic E-state index is -1.04. The number of hydrogen-bond donors (Lipinski definition) is 2. The fourth-order valence-corrected chi connectivity index (χ4v) is 5.74. The molecule has 0 spiro atoms. The number of ether oxygens (including phenoxy) is 2. The van der Waals surface area contributed by atoms with Crippen molar-refractivity contribution in [3.8, 4) is 11.5 Å². The molecule has 0 amide bonds. The van der Waals surface area contributed by atoms with Gasteiger partial charge in [-0.25, -0.2) is 0 Å². The second-order valence-corrected chi connectivity index (χ2v) is 12.0. The van der Waals surface area contributed by atoms with Crippen LogP contribution in [0.3, 0.4) is 0 Å². The Kier molecular flexibility index (Phi) is 11.4. The molecule has 0 atom stereocenters. The molecule has 24 heteroatoms. The lowest BCUT2D eigenvalue weighted by Crippen LogP contribution is -2.29. The van der Waals surface area contributed by atoms with Crippen molar-refractivity contribution in [2.45, 2.75) is 13.8 Å². The molecule has 0 aliphatic rings. The Labute approximate surface area is 324 Å². The minimum absolute atomic E-state index is 0.112. The number of hydrazine groups is 2. The van der Waals surface area contributed by atoms with Gasteiger partial charge in [0.1, 0.15) is 11.5 Å². The van der Waals surface area contributed by atoms with Gasteiger partial charge in [0.05, 0.1) is 90.8 Å². The summed E-state index contributed by atoms with van der Waals surface area (Å²) in [4.78, 5) is 66.1. The molecule has 2 N–H and O–H groups in total. The van der Waals surface area contributed by atoms with Gasteiger partial charge in [-0.05, 0) is 79.6 Å². The molecule has 58 heavy (non-hydrogen) atoms. The van der Waals surface area contributed by atoms with Crippen LogP contribution in [0, 0.1) is 74.5 Å². The summed E-state index contributed by atoms with van der Waals surface area (Å²) in [5, 5.41) is 74.7. The molecular formula is C34H28N10O14. The van der Waals surface area contributed by atoms with Crippen molar-refractivity contribution < 1.29 is 39.0 Å². The summed E-state index contributed by atoms with van der Waals surface area (Å²) < 4.78 is 10.5. The van der Waals surface area contributed by atoms with Gasteiger partial charge in [0, 0.05) is 0 Å². The third kappa shape index (κ3) is 8.19. The van der Waals surface area contributed by atoms with E-state index in [9.17, 15) is 60.7 Å². The number of benzene rings is 5. The molecule has 5 rings (SSSR count). The summed E-state index contributed by atoms with van der Waals surface area (Å²) in [6.07, 6.45) is 0. The maximum Gasteiger partial charge on any atom is 0.308 e. The van der Waals surface area contributed by atoms with Gasteiger partial charge in [0.2, 0.25) is 11.4 Å². The molecule has 0 fully saturated rings. The van der Waals surface area contributed by atoms with E-state index in [0.717, 1.165) is 0 Å². The van der Waals surface area contributed by atoms with Gasteiger partial charge in [-0.15, -0.1) is 0 Å². The summed E-state index contributed by atoms with van der Waals surface area (Å²) in [5.74, 6) is 0.747. The number of anilines is 6. The number of nitrogens with one attached hydrogen (secondary N) is 2. The van der Waals surface area contributed by atoms with Crippen molar-refractivity contribution in [2.24, 2.45) is 0 Å². The highest BCUT2D eigenvalue weighted by Crippen LogP contribution is 2.45. The molecule has 0 bridgehead atoms. The number of hydrogen-bond acceptors (Lipinski definition) is 18. The minimum Gasteiger partial charge on any atom is -0.497 e. The van der Waals surface area contributed by atoms with Crippen LogP contribution in [0.15, 0.2) is 84.9 Å². The van der Waals surface area contributed by atoms with Gasteiger partial charge in [0.15, 0.2) is 0 Å². The first-order valence-corrected chi connectivity index (χ1v) is 16.2. The maximum atomic E-state index is 12.3. The number of non-ortho nitro benzene ring substituents is 2. The van der Waals surface area contributed by atoms with Crippen LogP contribution in [0.2, 0.25) is 0 Å². The van der Waals surface area contributed by atoms with Crippen LogP contribution in [0.5, 0.6) is 11.5 Å². The standard InChI is InChI=1S/C34H28N10O14/c1-19-13-20(2)28(38(22-7-11-26(58-4)12-8-22)36-34-31(43(53)54)16-24(40(47)48)17-32(34)44(55)56)18-27(19)37(21-5-9-25(57-3)10-6-21)35-33-29(41(49)50)14-23(39(45)46)15-30(33)42(51)52/h5-18,35-36H,1-4H3. The van der Waals surface area contributed by atoms with E-state index in [0.29, 0.717) is 46.9 Å². The second-order valence-electron chi connectivity index (χ2n) is 12.0. The zero-order chi connectivity index (χ0) is 42.6. The summed E-state index contributed by atoms with van der Waals surface area (Å²) in [6, 6.07) is 17.2. The molecule has 0 heterocycles. The van der Waals surface area contributed by atoms with E-state index in [1.54, 1.807) is 19.9 Å². The van der Waals surface area contributed by atoms with Gasteiger partial charge >= 0.3 is 22.7 Å². The van der Waals surface area contributed by atoms with E-state index in [1.165, 1.54) is 78.8 Å². The Morgan fingerprint density at radius 3 is 0.983 bits per heavy atom. The Balaban J connectivity index is 1.82. The van der Waals surface area contributed by atoms with E-state index in [4.69, 9.17) is 9.47 Å². The van der Waals surface area contributed by atoms with Crippen LogP contribution >= 0.6 is 0 Å². The number of aryl methyl sites for hydroxylation is 2. The van der Waals surface area contributed by atoms with Crippen molar-refractivity contribution >= 4 is 68.2 Å². The summed E-state index contributed by atoms with van der Waals surface area (Å²) in [5.41, 5.74) is -0.623. The topological polar surface area (TPSA) is 308 Å². The molecule has 0 aromatic heterocycles. The Hall–Kier alpha value is -8.70. The van der Waals surface area contributed by atoms with Crippen molar-refractivity contribution in [1.29, 1.82) is 0 Å². The largest absolute Gasteiger partial charge is 0.497 e. The molecule has 24 nitrogen and oxygen atoms in total. The van der Waals surface area contributed by atoms with E-state index >= 15 is 0 Å². The highest BCUT2D eigenvalue weighted by atomic mass is 16.6. The predicted octanol–water partition coefficient (Wildman–Crippen LogP) is 8.10.